The van der Waals surface area contributed by atoms with Gasteiger partial charge in [0, 0.05) is 19.3 Å². The molecular formula is C19H30O4Si. The fourth-order valence-electron chi connectivity index (χ4n) is 2.41. The van der Waals surface area contributed by atoms with Gasteiger partial charge in [0.25, 0.3) is 0 Å². The van der Waals surface area contributed by atoms with E-state index in [4.69, 9.17) is 13.6 Å². The Labute approximate surface area is 147 Å². The maximum Gasteiger partial charge on any atom is 0.372 e. The summed E-state index contributed by atoms with van der Waals surface area (Å²) in [6.07, 6.45) is 4.82. The second kappa shape index (κ2) is 12.0. The molecule has 0 aliphatic heterocycles. The molecule has 0 radical (unpaired) electrons. The van der Waals surface area contributed by atoms with E-state index < -0.39 is 8.56 Å². The van der Waals surface area contributed by atoms with Crippen molar-refractivity contribution in [1.82, 2.24) is 0 Å². The lowest BCUT2D eigenvalue weighted by molar-refractivity contribution is -0.137. The Bertz CT molecular complexity index is 468. The van der Waals surface area contributed by atoms with E-state index in [2.05, 4.69) is 32.6 Å². The Kier molecular flexibility index (Phi) is 10.3. The van der Waals surface area contributed by atoms with Crippen molar-refractivity contribution in [3.05, 3.63) is 43.0 Å². The van der Waals surface area contributed by atoms with Gasteiger partial charge < -0.3 is 13.6 Å². The summed E-state index contributed by atoms with van der Waals surface area (Å²) in [6.45, 7) is 9.44. The van der Waals surface area contributed by atoms with Gasteiger partial charge in [-0.1, -0.05) is 50.8 Å². The second-order valence-corrected chi connectivity index (χ2v) is 8.81. The van der Waals surface area contributed by atoms with Gasteiger partial charge in [-0.25, -0.2) is 4.79 Å². The van der Waals surface area contributed by atoms with E-state index >= 15 is 0 Å². The third-order valence-corrected chi connectivity index (χ3v) is 7.17. The van der Waals surface area contributed by atoms with Crippen LogP contribution in [0.5, 0.6) is 0 Å². The molecule has 1 aromatic rings. The van der Waals surface area contributed by atoms with Crippen LogP contribution in [0.1, 0.15) is 39.5 Å². The number of hydrogen-bond donors (Lipinski definition) is 0. The lowest BCUT2D eigenvalue weighted by Gasteiger charge is -2.31. The van der Waals surface area contributed by atoms with Gasteiger partial charge >= 0.3 is 14.5 Å². The van der Waals surface area contributed by atoms with Gasteiger partial charge in [0.05, 0.1) is 6.61 Å². The van der Waals surface area contributed by atoms with Gasteiger partial charge in [0.2, 0.25) is 0 Å². The Morgan fingerprint density at radius 3 is 2.21 bits per heavy atom. The van der Waals surface area contributed by atoms with Gasteiger partial charge in [-0.3, -0.25) is 0 Å². The number of rotatable bonds is 13. The van der Waals surface area contributed by atoms with E-state index in [9.17, 15) is 4.79 Å². The lowest BCUT2D eigenvalue weighted by Crippen LogP contribution is -2.54. The zero-order valence-corrected chi connectivity index (χ0v) is 16.0. The van der Waals surface area contributed by atoms with E-state index in [-0.39, 0.29) is 5.97 Å². The van der Waals surface area contributed by atoms with E-state index in [1.54, 1.807) is 0 Å². The van der Waals surface area contributed by atoms with Crippen molar-refractivity contribution in [2.45, 2.75) is 45.6 Å². The highest BCUT2D eigenvalue weighted by atomic mass is 28.4. The first-order valence-electron chi connectivity index (χ1n) is 8.81. The van der Waals surface area contributed by atoms with Crippen molar-refractivity contribution in [3.63, 3.8) is 0 Å². The van der Waals surface area contributed by atoms with Gasteiger partial charge in [-0.15, -0.1) is 0 Å². The highest BCUT2D eigenvalue weighted by Gasteiger charge is 2.39. The predicted octanol–water partition coefficient (Wildman–Crippen LogP) is 3.70. The van der Waals surface area contributed by atoms with Crippen molar-refractivity contribution in [1.29, 1.82) is 0 Å². The van der Waals surface area contributed by atoms with Crippen LogP contribution >= 0.6 is 0 Å². The largest absolute Gasteiger partial charge is 0.463 e. The smallest absolute Gasteiger partial charge is 0.372 e. The fraction of sp³-hybridized carbons (Fsp3) is 0.526. The highest BCUT2D eigenvalue weighted by molar-refractivity contribution is 6.81. The second-order valence-electron chi connectivity index (χ2n) is 5.64. The molecular weight excluding hydrogens is 320 g/mol. The molecule has 0 spiro atoms. The number of carbonyl (C=O) groups is 1. The summed E-state index contributed by atoms with van der Waals surface area (Å²) in [5.74, 6) is -0.369. The zero-order chi connectivity index (χ0) is 17.7. The molecule has 0 atom stereocenters. The lowest BCUT2D eigenvalue weighted by atomic mass is 10.3. The molecule has 0 aliphatic rings. The summed E-state index contributed by atoms with van der Waals surface area (Å²) in [5, 5.41) is 1.18. The maximum atomic E-state index is 11.1. The van der Waals surface area contributed by atoms with Gasteiger partial charge in [-0.2, -0.15) is 0 Å². The molecule has 0 saturated carbocycles. The molecule has 0 aliphatic carbocycles. The van der Waals surface area contributed by atoms with E-state index in [0.29, 0.717) is 19.8 Å². The molecule has 24 heavy (non-hydrogen) atoms. The average Bonchev–Trinajstić information content (AvgIpc) is 2.63. The number of unbranched alkanes of at least 4 members (excludes halogenated alkanes) is 1. The molecule has 0 saturated heterocycles. The van der Waals surface area contributed by atoms with Crippen molar-refractivity contribution < 1.29 is 18.4 Å². The van der Waals surface area contributed by atoms with E-state index in [0.717, 1.165) is 31.7 Å². The van der Waals surface area contributed by atoms with Crippen LogP contribution in [-0.4, -0.2) is 34.4 Å². The first kappa shape index (κ1) is 20.6. The van der Waals surface area contributed by atoms with Gasteiger partial charge in [-0.05, 0) is 36.9 Å². The van der Waals surface area contributed by atoms with Crippen LogP contribution in [-0.2, 0) is 18.4 Å². The van der Waals surface area contributed by atoms with Gasteiger partial charge in [0.15, 0.2) is 0 Å². The van der Waals surface area contributed by atoms with E-state index in [1.165, 1.54) is 11.3 Å². The minimum absolute atomic E-state index is 0.369. The number of esters is 1. The van der Waals surface area contributed by atoms with Gasteiger partial charge in [0.1, 0.15) is 0 Å². The Morgan fingerprint density at radius 2 is 1.67 bits per heavy atom. The van der Waals surface area contributed by atoms with Crippen LogP contribution in [0.25, 0.3) is 0 Å². The van der Waals surface area contributed by atoms with Crippen molar-refractivity contribution in [3.8, 4) is 0 Å². The Hall–Kier alpha value is -1.43. The van der Waals surface area contributed by atoms with Crippen molar-refractivity contribution in [2.24, 2.45) is 0 Å². The molecule has 0 aromatic heterocycles. The highest BCUT2D eigenvalue weighted by Crippen LogP contribution is 2.19. The topological polar surface area (TPSA) is 44.8 Å². The number of carbonyl (C=O) groups excluding carboxylic acids is 1. The molecule has 0 heterocycles. The summed E-state index contributed by atoms with van der Waals surface area (Å²) in [5.41, 5.74) is 0. The summed E-state index contributed by atoms with van der Waals surface area (Å²) in [6, 6.07) is 11.2. The Morgan fingerprint density at radius 1 is 1.04 bits per heavy atom. The van der Waals surface area contributed by atoms with Crippen molar-refractivity contribution >= 4 is 19.7 Å². The number of benzene rings is 1. The van der Waals surface area contributed by atoms with Crippen LogP contribution in [0.2, 0.25) is 6.04 Å². The summed E-state index contributed by atoms with van der Waals surface area (Å²) in [4.78, 5) is 11.1. The fourth-order valence-corrected chi connectivity index (χ4v) is 5.89. The Balaban J connectivity index is 2.74. The zero-order valence-electron chi connectivity index (χ0n) is 15.0. The summed E-state index contributed by atoms with van der Waals surface area (Å²) < 4.78 is 17.7. The maximum absolute atomic E-state index is 11.1. The van der Waals surface area contributed by atoms with Crippen LogP contribution in [0.15, 0.2) is 43.0 Å². The predicted molar refractivity (Wildman–Crippen MR) is 99.5 cm³/mol. The molecule has 4 nitrogen and oxygen atoms in total. The first-order valence-corrected chi connectivity index (χ1v) is 10.8. The normalized spacial score (nSPS) is 11.2. The average molecular weight is 351 g/mol. The molecule has 0 unspecified atom stereocenters. The van der Waals surface area contributed by atoms with Crippen LogP contribution in [0.4, 0.5) is 0 Å². The molecule has 1 rings (SSSR count). The minimum atomic E-state index is -2.46. The van der Waals surface area contributed by atoms with Crippen LogP contribution in [0.3, 0.4) is 0 Å². The van der Waals surface area contributed by atoms with Crippen molar-refractivity contribution in [2.75, 3.05) is 19.8 Å². The van der Waals surface area contributed by atoms with Crippen LogP contribution < -0.4 is 5.19 Å². The first-order chi connectivity index (χ1) is 11.7. The SMILES string of the molecule is C=CC(=O)OCCCC[Si](OCCC)(OCCC)c1ccccc1. The molecule has 1 aromatic carbocycles. The summed E-state index contributed by atoms with van der Waals surface area (Å²) in [7, 11) is -2.46. The van der Waals surface area contributed by atoms with E-state index in [1.807, 2.05) is 18.2 Å². The third-order valence-electron chi connectivity index (χ3n) is 3.60. The molecule has 0 fully saturated rings. The quantitative estimate of drug-likeness (QED) is 0.235. The standard InChI is InChI=1S/C19H30O4Si/c1-4-14-22-24(23-15-5-2,18-12-8-7-9-13-18)17-11-10-16-21-19(20)6-3/h6-9,12-13H,3-5,10-11,14-17H2,1-2H3. The minimum Gasteiger partial charge on any atom is -0.463 e. The van der Waals surface area contributed by atoms with Crippen LogP contribution in [0, 0.1) is 0 Å². The molecule has 0 N–H and O–H groups in total. The number of ether oxygens (including phenoxy) is 1. The molecule has 134 valence electrons. The molecule has 0 bridgehead atoms. The molecule has 5 heteroatoms. The summed E-state index contributed by atoms with van der Waals surface area (Å²) >= 11 is 0. The molecule has 0 amide bonds. The number of hydrogen-bond acceptors (Lipinski definition) is 4. The third kappa shape index (κ3) is 6.99. The monoisotopic (exact) mass is 350 g/mol.